The van der Waals surface area contributed by atoms with E-state index in [1.807, 2.05) is 6.20 Å². The van der Waals surface area contributed by atoms with Crippen LogP contribution in [0.4, 0.5) is 5.13 Å². The SMILES string of the molecule is CCNCc1cnc(N(C)CC2CCN(C)C2)s1. The quantitative estimate of drug-likeness (QED) is 0.850. The zero-order chi connectivity index (χ0) is 13.0. The second-order valence-corrected chi connectivity index (χ2v) is 6.28. The molecule has 5 heteroatoms. The van der Waals surface area contributed by atoms with Gasteiger partial charge in [0, 0.05) is 37.8 Å². The van der Waals surface area contributed by atoms with Crippen molar-refractivity contribution < 1.29 is 0 Å². The fraction of sp³-hybridized carbons (Fsp3) is 0.769. The lowest BCUT2D eigenvalue weighted by Crippen LogP contribution is -2.27. The first-order valence-electron chi connectivity index (χ1n) is 6.74. The third kappa shape index (κ3) is 3.67. The van der Waals surface area contributed by atoms with Crippen LogP contribution in [-0.4, -0.2) is 50.2 Å². The van der Waals surface area contributed by atoms with Crippen molar-refractivity contribution in [1.82, 2.24) is 15.2 Å². The van der Waals surface area contributed by atoms with E-state index in [1.54, 1.807) is 11.3 Å². The molecule has 0 amide bonds. The topological polar surface area (TPSA) is 31.4 Å². The summed E-state index contributed by atoms with van der Waals surface area (Å²) in [5.41, 5.74) is 0. The first-order chi connectivity index (χ1) is 8.69. The molecule has 1 atom stereocenters. The highest BCUT2D eigenvalue weighted by molar-refractivity contribution is 7.15. The van der Waals surface area contributed by atoms with Gasteiger partial charge in [-0.25, -0.2) is 4.98 Å². The van der Waals surface area contributed by atoms with Gasteiger partial charge in [0.15, 0.2) is 5.13 Å². The lowest BCUT2D eigenvalue weighted by atomic mass is 10.1. The number of thiazole rings is 1. The Bertz CT molecular complexity index is 366. The monoisotopic (exact) mass is 268 g/mol. The molecule has 1 fully saturated rings. The second-order valence-electron chi connectivity index (χ2n) is 5.19. The molecule has 2 heterocycles. The minimum absolute atomic E-state index is 0.793. The van der Waals surface area contributed by atoms with Crippen molar-refractivity contribution in [2.45, 2.75) is 19.9 Å². The van der Waals surface area contributed by atoms with Gasteiger partial charge in [0.25, 0.3) is 0 Å². The molecule has 0 saturated carbocycles. The van der Waals surface area contributed by atoms with E-state index in [-0.39, 0.29) is 0 Å². The first-order valence-corrected chi connectivity index (χ1v) is 7.55. The summed E-state index contributed by atoms with van der Waals surface area (Å²) in [5.74, 6) is 0.793. The molecule has 0 bridgehead atoms. The predicted molar refractivity (Wildman–Crippen MR) is 78.4 cm³/mol. The van der Waals surface area contributed by atoms with E-state index in [1.165, 1.54) is 24.4 Å². The fourth-order valence-corrected chi connectivity index (χ4v) is 3.29. The van der Waals surface area contributed by atoms with E-state index in [9.17, 15) is 0 Å². The lowest BCUT2D eigenvalue weighted by molar-refractivity contribution is 0.396. The highest BCUT2D eigenvalue weighted by Crippen LogP contribution is 2.24. The predicted octanol–water partition coefficient (Wildman–Crippen LogP) is 1.64. The van der Waals surface area contributed by atoms with Gasteiger partial charge in [-0.3, -0.25) is 0 Å². The molecule has 1 aliphatic heterocycles. The maximum Gasteiger partial charge on any atom is 0.185 e. The zero-order valence-electron chi connectivity index (χ0n) is 11.6. The molecule has 0 spiro atoms. The second kappa shape index (κ2) is 6.50. The average Bonchev–Trinajstić information content (AvgIpc) is 2.96. The van der Waals surface area contributed by atoms with Crippen LogP contribution < -0.4 is 10.2 Å². The van der Waals surface area contributed by atoms with Crippen LogP contribution in [0.25, 0.3) is 0 Å². The Morgan fingerprint density at radius 1 is 1.61 bits per heavy atom. The van der Waals surface area contributed by atoms with Gasteiger partial charge >= 0.3 is 0 Å². The molecule has 1 aliphatic rings. The Morgan fingerprint density at radius 2 is 2.44 bits per heavy atom. The summed E-state index contributed by atoms with van der Waals surface area (Å²) < 4.78 is 0. The normalized spacial score (nSPS) is 20.5. The number of nitrogens with one attached hydrogen (secondary N) is 1. The summed E-state index contributed by atoms with van der Waals surface area (Å²) in [6.07, 6.45) is 3.32. The van der Waals surface area contributed by atoms with Crippen LogP contribution in [0.2, 0.25) is 0 Å². The average molecular weight is 268 g/mol. The summed E-state index contributed by atoms with van der Waals surface area (Å²) in [7, 11) is 4.37. The van der Waals surface area contributed by atoms with E-state index in [0.29, 0.717) is 0 Å². The van der Waals surface area contributed by atoms with Crippen molar-refractivity contribution in [1.29, 1.82) is 0 Å². The molecule has 102 valence electrons. The van der Waals surface area contributed by atoms with E-state index < -0.39 is 0 Å². The number of hydrogen-bond donors (Lipinski definition) is 1. The molecule has 1 aromatic heterocycles. The molecule has 0 radical (unpaired) electrons. The van der Waals surface area contributed by atoms with Crippen LogP contribution in [0, 0.1) is 5.92 Å². The summed E-state index contributed by atoms with van der Waals surface area (Å²) in [6, 6.07) is 0. The highest BCUT2D eigenvalue weighted by Gasteiger charge is 2.21. The molecule has 18 heavy (non-hydrogen) atoms. The van der Waals surface area contributed by atoms with Gasteiger partial charge in [0.05, 0.1) is 0 Å². The molecule has 0 aromatic carbocycles. The van der Waals surface area contributed by atoms with Crippen molar-refractivity contribution in [2.24, 2.45) is 5.92 Å². The Morgan fingerprint density at radius 3 is 3.11 bits per heavy atom. The number of likely N-dealkylation sites (tertiary alicyclic amines) is 1. The third-order valence-corrected chi connectivity index (χ3v) is 4.55. The van der Waals surface area contributed by atoms with Gasteiger partial charge in [-0.05, 0) is 32.5 Å². The first kappa shape index (κ1) is 13.8. The van der Waals surface area contributed by atoms with Crippen molar-refractivity contribution >= 4 is 16.5 Å². The fourth-order valence-electron chi connectivity index (χ4n) is 2.44. The number of aromatic nitrogens is 1. The van der Waals surface area contributed by atoms with Gasteiger partial charge in [-0.1, -0.05) is 6.92 Å². The van der Waals surface area contributed by atoms with Crippen LogP contribution >= 0.6 is 11.3 Å². The lowest BCUT2D eigenvalue weighted by Gasteiger charge is -2.20. The van der Waals surface area contributed by atoms with E-state index in [2.05, 4.69) is 41.1 Å². The van der Waals surface area contributed by atoms with Crippen LogP contribution in [-0.2, 0) is 6.54 Å². The van der Waals surface area contributed by atoms with Crippen LogP contribution in [0.1, 0.15) is 18.2 Å². The third-order valence-electron chi connectivity index (χ3n) is 3.44. The summed E-state index contributed by atoms with van der Waals surface area (Å²) in [6.45, 7) is 7.66. The van der Waals surface area contributed by atoms with Gasteiger partial charge in [0.1, 0.15) is 0 Å². The Labute approximate surface area is 114 Å². The molecule has 1 N–H and O–H groups in total. The Balaban J connectivity index is 1.84. The molecular weight excluding hydrogens is 244 g/mol. The maximum absolute atomic E-state index is 4.52. The van der Waals surface area contributed by atoms with Gasteiger partial charge in [0.2, 0.25) is 0 Å². The largest absolute Gasteiger partial charge is 0.351 e. The van der Waals surface area contributed by atoms with E-state index in [4.69, 9.17) is 0 Å². The van der Waals surface area contributed by atoms with E-state index in [0.717, 1.165) is 30.7 Å². The molecular formula is C13H24N4S. The molecule has 2 rings (SSSR count). The molecule has 4 nitrogen and oxygen atoms in total. The summed E-state index contributed by atoms with van der Waals surface area (Å²) in [5, 5.41) is 4.49. The molecule has 1 saturated heterocycles. The van der Waals surface area contributed by atoms with Crippen LogP contribution in [0.3, 0.4) is 0 Å². The minimum atomic E-state index is 0.793. The van der Waals surface area contributed by atoms with Crippen molar-refractivity contribution in [2.75, 3.05) is 45.2 Å². The van der Waals surface area contributed by atoms with Gasteiger partial charge in [-0.15, -0.1) is 11.3 Å². The van der Waals surface area contributed by atoms with Crippen LogP contribution in [0.15, 0.2) is 6.20 Å². The highest BCUT2D eigenvalue weighted by atomic mass is 32.1. The minimum Gasteiger partial charge on any atom is -0.351 e. The molecule has 1 unspecified atom stereocenters. The van der Waals surface area contributed by atoms with Crippen molar-refractivity contribution in [3.05, 3.63) is 11.1 Å². The number of nitrogens with zero attached hydrogens (tertiary/aromatic N) is 3. The van der Waals surface area contributed by atoms with Crippen LogP contribution in [0.5, 0.6) is 0 Å². The maximum atomic E-state index is 4.52. The van der Waals surface area contributed by atoms with Gasteiger partial charge in [-0.2, -0.15) is 0 Å². The summed E-state index contributed by atoms with van der Waals surface area (Å²) in [4.78, 5) is 10.6. The smallest absolute Gasteiger partial charge is 0.185 e. The molecule has 0 aliphatic carbocycles. The number of anilines is 1. The van der Waals surface area contributed by atoms with Gasteiger partial charge < -0.3 is 15.1 Å². The zero-order valence-corrected chi connectivity index (χ0v) is 12.5. The number of rotatable bonds is 6. The van der Waals surface area contributed by atoms with E-state index >= 15 is 0 Å². The Kier molecular flexibility index (Phi) is 4.97. The Hall–Kier alpha value is -0.650. The number of hydrogen-bond acceptors (Lipinski definition) is 5. The molecule has 1 aromatic rings. The standard InChI is InChI=1S/C13H24N4S/c1-4-14-7-12-8-15-13(18-12)17(3)10-11-5-6-16(2)9-11/h8,11,14H,4-7,9-10H2,1-3H3. The van der Waals surface area contributed by atoms with Crippen molar-refractivity contribution in [3.8, 4) is 0 Å². The summed E-state index contributed by atoms with van der Waals surface area (Å²) >= 11 is 1.80. The van der Waals surface area contributed by atoms with Crippen molar-refractivity contribution in [3.63, 3.8) is 0 Å².